The average molecular weight is 315 g/mol. The van der Waals surface area contributed by atoms with Crippen molar-refractivity contribution in [3.8, 4) is 0 Å². The van der Waals surface area contributed by atoms with Crippen molar-refractivity contribution in [2.45, 2.75) is 19.4 Å². The Morgan fingerprint density at radius 2 is 1.82 bits per heavy atom. The third-order valence-corrected chi connectivity index (χ3v) is 3.60. The van der Waals surface area contributed by atoms with E-state index in [-0.39, 0.29) is 11.9 Å². The number of hydrazine groups is 1. The Balaban J connectivity index is 2.02. The number of amides is 1. The molecule has 0 aliphatic rings. The summed E-state index contributed by atoms with van der Waals surface area (Å²) in [5.74, 6) is -0.196. The van der Waals surface area contributed by atoms with E-state index in [1.807, 2.05) is 37.3 Å². The molecule has 2 aromatic rings. The molecule has 0 saturated heterocycles. The van der Waals surface area contributed by atoms with E-state index in [1.165, 1.54) is 5.56 Å². The highest BCUT2D eigenvalue weighted by Crippen LogP contribution is 2.17. The molecule has 0 spiro atoms. The molecule has 0 heterocycles. The summed E-state index contributed by atoms with van der Waals surface area (Å²) in [6, 6.07) is 14.9. The zero-order valence-electron chi connectivity index (χ0n) is 12.5. The van der Waals surface area contributed by atoms with Gasteiger partial charge in [-0.15, -0.1) is 6.58 Å². The number of hydrogen-bond donors (Lipinski definition) is 2. The van der Waals surface area contributed by atoms with Crippen LogP contribution in [-0.2, 0) is 0 Å². The summed E-state index contributed by atoms with van der Waals surface area (Å²) in [7, 11) is 0. The fourth-order valence-electron chi connectivity index (χ4n) is 2.07. The minimum absolute atomic E-state index is 0.0191. The molecule has 0 aliphatic carbocycles. The lowest BCUT2D eigenvalue weighted by molar-refractivity contribution is 0.0925. The lowest BCUT2D eigenvalue weighted by atomic mass is 10.0. The molecular weight excluding hydrogens is 296 g/mol. The van der Waals surface area contributed by atoms with Crippen molar-refractivity contribution >= 4 is 17.5 Å². The summed E-state index contributed by atoms with van der Waals surface area (Å²) in [4.78, 5) is 12.1. The van der Waals surface area contributed by atoms with Gasteiger partial charge in [-0.05, 0) is 43.2 Å². The fourth-order valence-corrected chi connectivity index (χ4v) is 2.20. The topological polar surface area (TPSA) is 41.1 Å². The maximum absolute atomic E-state index is 12.1. The van der Waals surface area contributed by atoms with Gasteiger partial charge in [0.25, 0.3) is 5.91 Å². The summed E-state index contributed by atoms with van der Waals surface area (Å²) in [6.07, 6.45) is 2.54. The highest BCUT2D eigenvalue weighted by atomic mass is 35.5. The molecule has 1 unspecified atom stereocenters. The number of hydrogen-bond acceptors (Lipinski definition) is 2. The second kappa shape index (κ2) is 7.78. The zero-order valence-corrected chi connectivity index (χ0v) is 13.2. The largest absolute Gasteiger partial charge is 0.287 e. The summed E-state index contributed by atoms with van der Waals surface area (Å²) in [5, 5.41) is 0.605. The number of carbonyl (C=O) groups excluding carboxylic acids is 1. The third-order valence-electron chi connectivity index (χ3n) is 3.35. The van der Waals surface area contributed by atoms with E-state index in [4.69, 9.17) is 11.6 Å². The Morgan fingerprint density at radius 1 is 1.18 bits per heavy atom. The van der Waals surface area contributed by atoms with E-state index >= 15 is 0 Å². The van der Waals surface area contributed by atoms with Crippen LogP contribution in [0.4, 0.5) is 0 Å². The monoisotopic (exact) mass is 314 g/mol. The molecule has 3 nitrogen and oxygen atoms in total. The molecule has 22 heavy (non-hydrogen) atoms. The summed E-state index contributed by atoms with van der Waals surface area (Å²) >= 11 is 5.82. The number of halogens is 1. The standard InChI is InChI=1S/C18H19ClN2O/c1-3-4-17(14-7-5-13(2)6-8-14)20-21-18(22)15-9-11-16(19)12-10-15/h3,5-12,17,20H,1,4H2,2H3,(H,21,22). The third kappa shape index (κ3) is 4.45. The van der Waals surface area contributed by atoms with Gasteiger partial charge in [0.15, 0.2) is 0 Å². The van der Waals surface area contributed by atoms with E-state index in [0.29, 0.717) is 17.0 Å². The first-order chi connectivity index (χ1) is 10.6. The fraction of sp³-hybridized carbons (Fsp3) is 0.167. The molecule has 0 aliphatic heterocycles. The molecule has 1 atom stereocenters. The van der Waals surface area contributed by atoms with Crippen LogP contribution in [0, 0.1) is 6.92 Å². The van der Waals surface area contributed by atoms with Crippen LogP contribution >= 0.6 is 11.6 Å². The van der Waals surface area contributed by atoms with Crippen molar-refractivity contribution in [3.05, 3.63) is 82.9 Å². The summed E-state index contributed by atoms with van der Waals surface area (Å²) in [5.41, 5.74) is 8.66. The molecule has 0 bridgehead atoms. The van der Waals surface area contributed by atoms with Gasteiger partial charge in [0, 0.05) is 10.6 Å². The second-order valence-electron chi connectivity index (χ2n) is 5.09. The van der Waals surface area contributed by atoms with Crippen molar-refractivity contribution < 1.29 is 4.79 Å². The first-order valence-corrected chi connectivity index (χ1v) is 7.47. The molecule has 0 fully saturated rings. The van der Waals surface area contributed by atoms with Crippen molar-refractivity contribution in [3.63, 3.8) is 0 Å². The van der Waals surface area contributed by atoms with Crippen molar-refractivity contribution in [1.82, 2.24) is 10.9 Å². The molecule has 0 radical (unpaired) electrons. The van der Waals surface area contributed by atoms with Crippen LogP contribution in [0.15, 0.2) is 61.2 Å². The molecule has 2 aromatic carbocycles. The van der Waals surface area contributed by atoms with Gasteiger partial charge in [0.05, 0.1) is 6.04 Å². The van der Waals surface area contributed by atoms with Crippen molar-refractivity contribution in [1.29, 1.82) is 0 Å². The Labute approximate surface area is 136 Å². The normalized spacial score (nSPS) is 11.7. The Kier molecular flexibility index (Phi) is 5.75. The van der Waals surface area contributed by atoms with Crippen LogP contribution in [0.1, 0.15) is 33.9 Å². The van der Waals surface area contributed by atoms with E-state index in [0.717, 1.165) is 5.56 Å². The molecule has 114 valence electrons. The van der Waals surface area contributed by atoms with Gasteiger partial charge in [0.1, 0.15) is 0 Å². The van der Waals surface area contributed by atoms with Crippen LogP contribution in [0.5, 0.6) is 0 Å². The highest BCUT2D eigenvalue weighted by molar-refractivity contribution is 6.30. The van der Waals surface area contributed by atoms with Gasteiger partial charge in [-0.2, -0.15) is 0 Å². The van der Waals surface area contributed by atoms with E-state index < -0.39 is 0 Å². The van der Waals surface area contributed by atoms with Gasteiger partial charge in [-0.1, -0.05) is 47.5 Å². The second-order valence-corrected chi connectivity index (χ2v) is 5.53. The smallest absolute Gasteiger partial charge is 0.265 e. The molecule has 1 amide bonds. The number of carbonyl (C=O) groups is 1. The maximum Gasteiger partial charge on any atom is 0.265 e. The number of benzene rings is 2. The highest BCUT2D eigenvalue weighted by Gasteiger charge is 2.11. The summed E-state index contributed by atoms with van der Waals surface area (Å²) < 4.78 is 0. The van der Waals surface area contributed by atoms with Crippen LogP contribution in [0.25, 0.3) is 0 Å². The van der Waals surface area contributed by atoms with Gasteiger partial charge >= 0.3 is 0 Å². The van der Waals surface area contributed by atoms with Crippen LogP contribution in [0.2, 0.25) is 5.02 Å². The number of aryl methyl sites for hydroxylation is 1. The number of nitrogens with one attached hydrogen (secondary N) is 2. The predicted octanol–water partition coefficient (Wildman–Crippen LogP) is 4.20. The first kappa shape index (κ1) is 16.3. The zero-order chi connectivity index (χ0) is 15.9. The molecule has 0 saturated carbocycles. The Morgan fingerprint density at radius 3 is 2.41 bits per heavy atom. The minimum Gasteiger partial charge on any atom is -0.287 e. The lowest BCUT2D eigenvalue weighted by Gasteiger charge is -2.18. The van der Waals surface area contributed by atoms with Crippen LogP contribution in [-0.4, -0.2) is 5.91 Å². The van der Waals surface area contributed by atoms with Gasteiger partial charge < -0.3 is 0 Å². The minimum atomic E-state index is -0.196. The molecule has 4 heteroatoms. The average Bonchev–Trinajstić information content (AvgIpc) is 2.53. The van der Waals surface area contributed by atoms with Gasteiger partial charge in [-0.3, -0.25) is 10.2 Å². The SMILES string of the molecule is C=CCC(NNC(=O)c1ccc(Cl)cc1)c1ccc(C)cc1. The van der Waals surface area contributed by atoms with Gasteiger partial charge in [-0.25, -0.2) is 5.43 Å². The van der Waals surface area contributed by atoms with Crippen molar-refractivity contribution in [2.24, 2.45) is 0 Å². The van der Waals surface area contributed by atoms with Gasteiger partial charge in [0.2, 0.25) is 0 Å². The van der Waals surface area contributed by atoms with E-state index in [9.17, 15) is 4.79 Å². The molecule has 0 aromatic heterocycles. The van der Waals surface area contributed by atoms with Crippen LogP contribution in [0.3, 0.4) is 0 Å². The summed E-state index contributed by atoms with van der Waals surface area (Å²) in [6.45, 7) is 5.81. The molecule has 2 N–H and O–H groups in total. The predicted molar refractivity (Wildman–Crippen MR) is 90.8 cm³/mol. The Hall–Kier alpha value is -2.10. The van der Waals surface area contributed by atoms with Crippen molar-refractivity contribution in [2.75, 3.05) is 0 Å². The maximum atomic E-state index is 12.1. The molecular formula is C18H19ClN2O. The lowest BCUT2D eigenvalue weighted by Crippen LogP contribution is -2.39. The quantitative estimate of drug-likeness (QED) is 0.620. The van der Waals surface area contributed by atoms with Crippen LogP contribution < -0.4 is 10.9 Å². The first-order valence-electron chi connectivity index (χ1n) is 7.09. The number of rotatable bonds is 6. The van der Waals surface area contributed by atoms with E-state index in [2.05, 4.69) is 17.4 Å². The molecule has 2 rings (SSSR count). The Bertz CT molecular complexity index is 635. The van der Waals surface area contributed by atoms with E-state index in [1.54, 1.807) is 24.3 Å².